The van der Waals surface area contributed by atoms with Crippen LogP contribution in [-0.2, 0) is 13.1 Å². The minimum Gasteiger partial charge on any atom is -0.436 e. The molecule has 2 aromatic carbocycles. The van der Waals surface area contributed by atoms with E-state index in [1.54, 1.807) is 41.2 Å². The van der Waals surface area contributed by atoms with Crippen molar-refractivity contribution in [3.63, 3.8) is 0 Å². The van der Waals surface area contributed by atoms with E-state index in [2.05, 4.69) is 15.4 Å². The van der Waals surface area contributed by atoms with Crippen molar-refractivity contribution in [1.82, 2.24) is 20.1 Å². The molecule has 0 fully saturated rings. The molecular weight excluding hydrogens is 347 g/mol. The first-order valence-corrected chi connectivity index (χ1v) is 8.58. The number of hydrogen-bond acceptors (Lipinski definition) is 4. The first-order valence-electron chi connectivity index (χ1n) is 8.58. The van der Waals surface area contributed by atoms with Crippen LogP contribution in [0.4, 0.5) is 4.39 Å². The number of carbonyl (C=O) groups is 1. The number of carbonyl (C=O) groups excluding carboxylic acids is 1. The Labute approximate surface area is 154 Å². The minimum absolute atomic E-state index is 0.212. The average Bonchev–Trinajstić information content (AvgIpc) is 3.32. The van der Waals surface area contributed by atoms with Gasteiger partial charge in [0.05, 0.1) is 6.20 Å². The van der Waals surface area contributed by atoms with Gasteiger partial charge >= 0.3 is 0 Å². The summed E-state index contributed by atoms with van der Waals surface area (Å²) in [5.41, 5.74) is 3.03. The second kappa shape index (κ2) is 7.03. The van der Waals surface area contributed by atoms with E-state index in [1.807, 2.05) is 13.1 Å². The van der Waals surface area contributed by atoms with Crippen molar-refractivity contribution in [1.29, 1.82) is 0 Å². The first kappa shape index (κ1) is 17.0. The predicted octanol–water partition coefficient (Wildman–Crippen LogP) is 3.78. The van der Waals surface area contributed by atoms with Gasteiger partial charge in [-0.05, 0) is 43.3 Å². The highest BCUT2D eigenvalue weighted by Gasteiger charge is 2.12. The van der Waals surface area contributed by atoms with E-state index in [-0.39, 0.29) is 11.7 Å². The molecule has 2 heterocycles. The first-order chi connectivity index (χ1) is 13.1. The fourth-order valence-corrected chi connectivity index (χ4v) is 2.77. The summed E-state index contributed by atoms with van der Waals surface area (Å²) in [4.78, 5) is 16.8. The molecule has 0 spiro atoms. The van der Waals surface area contributed by atoms with Crippen LogP contribution in [0.1, 0.15) is 22.8 Å². The second-order valence-electron chi connectivity index (χ2n) is 6.10. The van der Waals surface area contributed by atoms with Crippen LogP contribution < -0.4 is 5.32 Å². The maximum atomic E-state index is 13.4. The van der Waals surface area contributed by atoms with Crippen LogP contribution in [0.15, 0.2) is 59.3 Å². The van der Waals surface area contributed by atoms with Crippen molar-refractivity contribution in [2.75, 3.05) is 0 Å². The third kappa shape index (κ3) is 3.57. The van der Waals surface area contributed by atoms with Crippen molar-refractivity contribution in [2.24, 2.45) is 0 Å². The highest BCUT2D eigenvalue weighted by Crippen LogP contribution is 2.25. The number of rotatable bonds is 5. The van der Waals surface area contributed by atoms with Crippen LogP contribution in [-0.4, -0.2) is 20.7 Å². The predicted molar refractivity (Wildman–Crippen MR) is 98.5 cm³/mol. The van der Waals surface area contributed by atoms with E-state index >= 15 is 0 Å². The lowest BCUT2D eigenvalue weighted by atomic mass is 10.2. The fraction of sp³-hybridized carbons (Fsp3) is 0.150. The standard InChI is InChI=1S/C20H17FN4O2/c1-2-25-12-13(11-23-25)10-22-19(26)14-6-7-18-17(9-14)24-20(27-18)15-4-3-5-16(21)8-15/h3-9,11-12H,2,10H2,1H3,(H,22,26). The van der Waals surface area contributed by atoms with Crippen LogP contribution in [0.5, 0.6) is 0 Å². The summed E-state index contributed by atoms with van der Waals surface area (Å²) < 4.78 is 20.9. The zero-order valence-corrected chi connectivity index (χ0v) is 14.6. The van der Waals surface area contributed by atoms with Gasteiger partial charge in [-0.3, -0.25) is 9.48 Å². The normalized spacial score (nSPS) is 11.0. The maximum Gasteiger partial charge on any atom is 0.251 e. The summed E-state index contributed by atoms with van der Waals surface area (Å²) in [7, 11) is 0. The Bertz CT molecular complexity index is 1120. The fourth-order valence-electron chi connectivity index (χ4n) is 2.77. The van der Waals surface area contributed by atoms with Gasteiger partial charge in [0.2, 0.25) is 5.89 Å². The molecule has 2 aromatic heterocycles. The molecule has 0 aliphatic carbocycles. The van der Waals surface area contributed by atoms with Crippen LogP contribution in [0, 0.1) is 5.82 Å². The quantitative estimate of drug-likeness (QED) is 0.585. The number of nitrogens with zero attached hydrogens (tertiary/aromatic N) is 3. The molecule has 0 atom stereocenters. The van der Waals surface area contributed by atoms with Gasteiger partial charge in [-0.1, -0.05) is 6.07 Å². The number of fused-ring (bicyclic) bond motifs is 1. The lowest BCUT2D eigenvalue weighted by Crippen LogP contribution is -2.22. The van der Waals surface area contributed by atoms with Gasteiger partial charge in [0.15, 0.2) is 5.58 Å². The highest BCUT2D eigenvalue weighted by atomic mass is 19.1. The minimum atomic E-state index is -0.360. The molecular formula is C20H17FN4O2. The molecule has 1 amide bonds. The number of halogens is 1. The van der Waals surface area contributed by atoms with Crippen LogP contribution >= 0.6 is 0 Å². The number of hydrogen-bond donors (Lipinski definition) is 1. The zero-order valence-electron chi connectivity index (χ0n) is 14.6. The third-order valence-electron chi connectivity index (χ3n) is 4.19. The van der Waals surface area contributed by atoms with Gasteiger partial charge in [0.25, 0.3) is 5.91 Å². The Morgan fingerprint density at radius 2 is 2.15 bits per heavy atom. The molecule has 0 radical (unpaired) electrons. The van der Waals surface area contributed by atoms with Gasteiger partial charge < -0.3 is 9.73 Å². The summed E-state index contributed by atoms with van der Waals surface area (Å²) >= 11 is 0. The number of benzene rings is 2. The van der Waals surface area contributed by atoms with E-state index in [0.29, 0.717) is 34.7 Å². The Morgan fingerprint density at radius 1 is 1.26 bits per heavy atom. The molecule has 7 heteroatoms. The van der Waals surface area contributed by atoms with Crippen molar-refractivity contribution in [3.05, 3.63) is 71.8 Å². The molecule has 0 saturated carbocycles. The smallest absolute Gasteiger partial charge is 0.251 e. The van der Waals surface area contributed by atoms with Crippen molar-refractivity contribution in [2.45, 2.75) is 20.0 Å². The molecule has 0 aliphatic rings. The summed E-state index contributed by atoms with van der Waals surface area (Å²) in [6.45, 7) is 3.18. The number of nitrogens with one attached hydrogen (secondary N) is 1. The van der Waals surface area contributed by atoms with E-state index in [4.69, 9.17) is 4.42 Å². The van der Waals surface area contributed by atoms with E-state index in [9.17, 15) is 9.18 Å². The molecule has 0 bridgehead atoms. The molecule has 136 valence electrons. The summed E-state index contributed by atoms with van der Waals surface area (Å²) in [5, 5.41) is 7.04. The largest absolute Gasteiger partial charge is 0.436 e. The van der Waals surface area contributed by atoms with Gasteiger partial charge in [-0.15, -0.1) is 0 Å². The van der Waals surface area contributed by atoms with E-state index in [1.165, 1.54) is 12.1 Å². The molecule has 0 aliphatic heterocycles. The molecule has 4 rings (SSSR count). The zero-order chi connectivity index (χ0) is 18.8. The van der Waals surface area contributed by atoms with Gasteiger partial charge in [0, 0.05) is 36.0 Å². The average molecular weight is 364 g/mol. The lowest BCUT2D eigenvalue weighted by molar-refractivity contribution is 0.0951. The SMILES string of the molecule is CCn1cc(CNC(=O)c2ccc3oc(-c4cccc(F)c4)nc3c2)cn1. The second-order valence-corrected chi connectivity index (χ2v) is 6.10. The van der Waals surface area contributed by atoms with Crippen LogP contribution in [0.2, 0.25) is 0 Å². The Kier molecular flexibility index (Phi) is 4.42. The number of aromatic nitrogens is 3. The van der Waals surface area contributed by atoms with Crippen LogP contribution in [0.25, 0.3) is 22.6 Å². The van der Waals surface area contributed by atoms with E-state index < -0.39 is 0 Å². The summed E-state index contributed by atoms with van der Waals surface area (Å²) in [6.07, 6.45) is 3.63. The number of oxazole rings is 1. The number of aryl methyl sites for hydroxylation is 1. The third-order valence-corrected chi connectivity index (χ3v) is 4.19. The lowest BCUT2D eigenvalue weighted by Gasteiger charge is -2.03. The van der Waals surface area contributed by atoms with E-state index in [0.717, 1.165) is 12.1 Å². The van der Waals surface area contributed by atoms with Crippen molar-refractivity contribution < 1.29 is 13.6 Å². The Morgan fingerprint density at radius 3 is 2.93 bits per heavy atom. The monoisotopic (exact) mass is 364 g/mol. The van der Waals surface area contributed by atoms with Gasteiger partial charge in [-0.2, -0.15) is 5.10 Å². The summed E-state index contributed by atoms with van der Waals surface area (Å²) in [6, 6.07) is 11.1. The molecule has 27 heavy (non-hydrogen) atoms. The highest BCUT2D eigenvalue weighted by molar-refractivity contribution is 5.97. The molecule has 6 nitrogen and oxygen atoms in total. The molecule has 1 N–H and O–H groups in total. The van der Waals surface area contributed by atoms with Crippen molar-refractivity contribution >= 4 is 17.0 Å². The maximum absolute atomic E-state index is 13.4. The Balaban J connectivity index is 1.53. The topological polar surface area (TPSA) is 73.0 Å². The number of amides is 1. The Hall–Kier alpha value is -3.48. The van der Waals surface area contributed by atoms with Crippen molar-refractivity contribution in [3.8, 4) is 11.5 Å². The molecule has 0 saturated heterocycles. The van der Waals surface area contributed by atoms with Gasteiger partial charge in [0.1, 0.15) is 11.3 Å². The van der Waals surface area contributed by atoms with Crippen LogP contribution in [0.3, 0.4) is 0 Å². The molecule has 0 unspecified atom stereocenters. The van der Waals surface area contributed by atoms with Gasteiger partial charge in [-0.25, -0.2) is 9.37 Å². The summed E-state index contributed by atoms with van der Waals surface area (Å²) in [5.74, 6) is -0.258. The molecule has 4 aromatic rings.